The van der Waals surface area contributed by atoms with Crippen molar-refractivity contribution in [2.75, 3.05) is 0 Å². The van der Waals surface area contributed by atoms with E-state index in [4.69, 9.17) is 4.42 Å². The van der Waals surface area contributed by atoms with Crippen LogP contribution in [0.25, 0.3) is 44.3 Å². The number of benzene rings is 2. The number of hydrogen-bond acceptors (Lipinski definition) is 2. The second kappa shape index (κ2) is 6.31. The zero-order valence-corrected chi connectivity index (χ0v) is 16.2. The third-order valence-electron chi connectivity index (χ3n) is 5.57. The van der Waals surface area contributed by atoms with Crippen LogP contribution in [0.2, 0.25) is 0 Å². The Labute approximate surface area is 163 Å². The Balaban J connectivity index is 1.85. The van der Waals surface area contributed by atoms with E-state index in [0.717, 1.165) is 38.8 Å². The van der Waals surface area contributed by atoms with Crippen LogP contribution in [0, 0.1) is 13.8 Å². The van der Waals surface area contributed by atoms with Crippen LogP contribution in [0.1, 0.15) is 11.3 Å². The number of fused-ring (bicyclic) bond motifs is 3. The molecule has 0 aliphatic rings. The number of furan rings is 1. The average Bonchev–Trinajstić information content (AvgIpc) is 3.09. The molecule has 3 heterocycles. The van der Waals surface area contributed by atoms with Gasteiger partial charge >= 0.3 is 0 Å². The van der Waals surface area contributed by atoms with Crippen LogP contribution in [0.5, 0.6) is 0 Å². The Bertz CT molecular complexity index is 1330. The van der Waals surface area contributed by atoms with Crippen LogP contribution in [-0.2, 0) is 7.05 Å². The van der Waals surface area contributed by atoms with Crippen molar-refractivity contribution >= 4 is 21.9 Å². The molecule has 0 aliphatic heterocycles. The van der Waals surface area contributed by atoms with E-state index in [1.54, 1.807) is 0 Å². The lowest BCUT2D eigenvalue weighted by atomic mass is 9.97. The summed E-state index contributed by atoms with van der Waals surface area (Å²) in [6.07, 6.45) is 3.67. The molecule has 0 amide bonds. The molecule has 3 heteroatoms. The highest BCUT2D eigenvalue weighted by Gasteiger charge is 2.22. The van der Waals surface area contributed by atoms with E-state index < -0.39 is 0 Å². The second-order valence-electron chi connectivity index (χ2n) is 7.30. The van der Waals surface area contributed by atoms with Gasteiger partial charge in [-0.3, -0.25) is 4.98 Å². The van der Waals surface area contributed by atoms with Crippen molar-refractivity contribution in [2.45, 2.75) is 13.8 Å². The lowest BCUT2D eigenvalue weighted by molar-refractivity contribution is -0.666. The fraction of sp³-hybridized carbons (Fsp3) is 0.120. The van der Waals surface area contributed by atoms with Gasteiger partial charge in [-0.05, 0) is 41.8 Å². The van der Waals surface area contributed by atoms with Crippen molar-refractivity contribution < 1.29 is 8.98 Å². The molecule has 2 aromatic carbocycles. The summed E-state index contributed by atoms with van der Waals surface area (Å²) in [5.41, 5.74) is 8.90. The molecule has 0 saturated carbocycles. The molecule has 0 saturated heterocycles. The minimum Gasteiger partial charge on any atom is -0.455 e. The molecule has 0 bridgehead atoms. The van der Waals surface area contributed by atoms with Gasteiger partial charge in [-0.1, -0.05) is 30.3 Å². The standard InChI is InChI=1S/C25H21N2O/c1-16-8-9-21-20-6-4-5-7-23(20)28-25(21)24(16)22-15-19(14-17(2)27(22)3)18-10-12-26-13-11-18/h4-15H,1-3H3/q+1. The van der Waals surface area contributed by atoms with Crippen molar-refractivity contribution in [3.8, 4) is 22.4 Å². The maximum absolute atomic E-state index is 6.34. The molecule has 0 fully saturated rings. The average molecular weight is 365 g/mol. The van der Waals surface area contributed by atoms with Gasteiger partial charge in [-0.15, -0.1) is 0 Å². The predicted octanol–water partition coefficient (Wildman–Crippen LogP) is 5.76. The van der Waals surface area contributed by atoms with Gasteiger partial charge in [0.25, 0.3) is 0 Å². The molecular weight excluding hydrogens is 344 g/mol. The highest BCUT2D eigenvalue weighted by atomic mass is 16.3. The number of para-hydroxylation sites is 1. The summed E-state index contributed by atoms with van der Waals surface area (Å²) >= 11 is 0. The summed E-state index contributed by atoms with van der Waals surface area (Å²) in [7, 11) is 2.11. The predicted molar refractivity (Wildman–Crippen MR) is 113 cm³/mol. The molecule has 5 aromatic rings. The second-order valence-corrected chi connectivity index (χ2v) is 7.30. The summed E-state index contributed by atoms with van der Waals surface area (Å²) in [5.74, 6) is 0. The van der Waals surface area contributed by atoms with Crippen molar-refractivity contribution in [2.24, 2.45) is 7.05 Å². The van der Waals surface area contributed by atoms with Crippen LogP contribution in [0.3, 0.4) is 0 Å². The third-order valence-corrected chi connectivity index (χ3v) is 5.57. The Morgan fingerprint density at radius 2 is 1.61 bits per heavy atom. The SMILES string of the molecule is Cc1ccc2c(oc3ccccc32)c1-c1cc(-c2ccncc2)cc(C)[n+]1C. The topological polar surface area (TPSA) is 29.9 Å². The van der Waals surface area contributed by atoms with Crippen LogP contribution in [0.15, 0.2) is 77.5 Å². The smallest absolute Gasteiger partial charge is 0.217 e. The van der Waals surface area contributed by atoms with Crippen molar-refractivity contribution in [1.82, 2.24) is 4.98 Å². The monoisotopic (exact) mass is 365 g/mol. The van der Waals surface area contributed by atoms with Crippen LogP contribution in [-0.4, -0.2) is 4.98 Å². The van der Waals surface area contributed by atoms with E-state index in [2.05, 4.69) is 66.8 Å². The Kier molecular flexibility index (Phi) is 3.76. The molecule has 0 aliphatic carbocycles. The zero-order valence-electron chi connectivity index (χ0n) is 16.2. The first-order chi connectivity index (χ1) is 13.6. The van der Waals surface area contributed by atoms with Crippen molar-refractivity contribution in [3.05, 3.63) is 84.3 Å². The number of aryl methyl sites for hydroxylation is 2. The lowest BCUT2D eigenvalue weighted by Crippen LogP contribution is -2.35. The van der Waals surface area contributed by atoms with Crippen LogP contribution in [0.4, 0.5) is 0 Å². The normalized spacial score (nSPS) is 11.4. The highest BCUT2D eigenvalue weighted by molar-refractivity contribution is 6.09. The molecule has 3 nitrogen and oxygen atoms in total. The molecule has 0 radical (unpaired) electrons. The maximum Gasteiger partial charge on any atom is 0.217 e. The van der Waals surface area contributed by atoms with Gasteiger partial charge in [-0.25, -0.2) is 0 Å². The molecule has 5 rings (SSSR count). The first kappa shape index (κ1) is 16.7. The van der Waals surface area contributed by atoms with Crippen LogP contribution < -0.4 is 4.57 Å². The molecule has 0 N–H and O–H groups in total. The first-order valence-electron chi connectivity index (χ1n) is 9.46. The molecule has 0 spiro atoms. The minimum atomic E-state index is 0.925. The van der Waals surface area contributed by atoms with Crippen LogP contribution >= 0.6 is 0 Å². The highest BCUT2D eigenvalue weighted by Crippen LogP contribution is 2.37. The summed E-state index contributed by atoms with van der Waals surface area (Å²) in [4.78, 5) is 4.15. The number of hydrogen-bond donors (Lipinski definition) is 0. The Morgan fingerprint density at radius 1 is 0.821 bits per heavy atom. The van der Waals surface area contributed by atoms with Crippen molar-refractivity contribution in [1.29, 1.82) is 0 Å². The summed E-state index contributed by atoms with van der Waals surface area (Å²) < 4.78 is 8.57. The van der Waals surface area contributed by atoms with E-state index in [9.17, 15) is 0 Å². The van der Waals surface area contributed by atoms with E-state index >= 15 is 0 Å². The van der Waals surface area contributed by atoms with E-state index in [-0.39, 0.29) is 0 Å². The van der Waals surface area contributed by atoms with Gasteiger partial charge in [0.1, 0.15) is 18.2 Å². The molecule has 28 heavy (non-hydrogen) atoms. The van der Waals surface area contributed by atoms with Gasteiger partial charge in [-0.2, -0.15) is 4.57 Å². The fourth-order valence-electron chi connectivity index (χ4n) is 3.95. The lowest BCUT2D eigenvalue weighted by Gasteiger charge is -2.10. The van der Waals surface area contributed by atoms with Crippen molar-refractivity contribution in [3.63, 3.8) is 0 Å². The van der Waals surface area contributed by atoms with E-state index in [1.807, 2.05) is 36.7 Å². The summed E-state index contributed by atoms with van der Waals surface area (Å²) in [5, 5.41) is 2.31. The largest absolute Gasteiger partial charge is 0.455 e. The molecule has 0 unspecified atom stereocenters. The summed E-state index contributed by atoms with van der Waals surface area (Å²) in [6, 6.07) is 21.2. The minimum absolute atomic E-state index is 0.925. The maximum atomic E-state index is 6.34. The fourth-order valence-corrected chi connectivity index (χ4v) is 3.95. The molecule has 3 aromatic heterocycles. The summed E-state index contributed by atoms with van der Waals surface area (Å²) in [6.45, 7) is 4.29. The number of nitrogens with zero attached hydrogens (tertiary/aromatic N) is 2. The Hall–Kier alpha value is -3.46. The number of rotatable bonds is 2. The Morgan fingerprint density at radius 3 is 2.43 bits per heavy atom. The quantitative estimate of drug-likeness (QED) is 0.373. The van der Waals surface area contributed by atoms with E-state index in [1.165, 1.54) is 16.8 Å². The number of pyridine rings is 2. The first-order valence-corrected chi connectivity index (χ1v) is 9.46. The number of aromatic nitrogens is 2. The zero-order chi connectivity index (χ0) is 19.3. The molecule has 0 atom stereocenters. The molecule has 136 valence electrons. The van der Waals surface area contributed by atoms with Gasteiger partial charge in [0, 0.05) is 42.2 Å². The molecular formula is C25H21N2O+. The third kappa shape index (κ3) is 2.51. The van der Waals surface area contributed by atoms with Gasteiger partial charge < -0.3 is 4.42 Å². The van der Waals surface area contributed by atoms with Gasteiger partial charge in [0.2, 0.25) is 5.69 Å². The van der Waals surface area contributed by atoms with Gasteiger partial charge in [0.05, 0.1) is 5.56 Å². The van der Waals surface area contributed by atoms with Gasteiger partial charge in [0.15, 0.2) is 5.69 Å². The van der Waals surface area contributed by atoms with E-state index in [0.29, 0.717) is 0 Å².